The second-order valence-electron chi connectivity index (χ2n) is 7.45. The van der Waals surface area contributed by atoms with Gasteiger partial charge in [0.2, 0.25) is 0 Å². The van der Waals surface area contributed by atoms with E-state index in [1.807, 2.05) is 6.92 Å². The molecule has 2 N–H and O–H groups in total. The molecule has 0 aromatic heterocycles. The maximum absolute atomic E-state index is 12.7. The number of halogens is 4. The van der Waals surface area contributed by atoms with Gasteiger partial charge in [-0.2, -0.15) is 13.2 Å². The minimum absolute atomic E-state index is 0. The second kappa shape index (κ2) is 13.0. The summed E-state index contributed by atoms with van der Waals surface area (Å²) >= 11 is 0. The van der Waals surface area contributed by atoms with Crippen LogP contribution in [0.2, 0.25) is 0 Å². The molecular weight excluding hydrogens is 532 g/mol. The van der Waals surface area contributed by atoms with Crippen LogP contribution in [0, 0.1) is 0 Å². The third-order valence-electron chi connectivity index (χ3n) is 5.04. The van der Waals surface area contributed by atoms with E-state index in [0.29, 0.717) is 25.6 Å². The predicted octanol–water partition coefficient (Wildman–Crippen LogP) is 4.41. The fourth-order valence-corrected chi connectivity index (χ4v) is 3.28. The molecule has 1 saturated heterocycles. The number of nitrogens with one attached hydrogen (secondary N) is 2. The molecule has 176 valence electrons. The smallest absolute Gasteiger partial charge is 0.379 e. The summed E-state index contributed by atoms with van der Waals surface area (Å²) in [5, 5.41) is 6.44. The molecule has 5 nitrogen and oxygen atoms in total. The van der Waals surface area contributed by atoms with E-state index in [1.54, 1.807) is 0 Å². The molecule has 9 heteroatoms. The van der Waals surface area contributed by atoms with Crippen LogP contribution in [-0.2, 0) is 30.5 Å². The highest BCUT2D eigenvalue weighted by Gasteiger charge is 2.29. The van der Waals surface area contributed by atoms with Crippen molar-refractivity contribution in [2.75, 3.05) is 32.8 Å². The highest BCUT2D eigenvalue weighted by Crippen LogP contribution is 2.29. The summed E-state index contributed by atoms with van der Waals surface area (Å²) in [6.45, 7) is 8.00. The molecule has 2 aromatic rings. The minimum atomic E-state index is -4.32. The lowest BCUT2D eigenvalue weighted by atomic mass is 10.1. The zero-order valence-corrected chi connectivity index (χ0v) is 20.5. The van der Waals surface area contributed by atoms with Crippen molar-refractivity contribution >= 4 is 29.9 Å². The molecule has 3 rings (SSSR count). The number of alkyl halides is 3. The Morgan fingerprint density at radius 3 is 2.12 bits per heavy atom. The summed E-state index contributed by atoms with van der Waals surface area (Å²) in [5.74, 6) is 0.625. The van der Waals surface area contributed by atoms with Crippen molar-refractivity contribution in [3.63, 3.8) is 0 Å². The lowest BCUT2D eigenvalue weighted by molar-refractivity contribution is -0.137. The molecule has 2 aromatic carbocycles. The van der Waals surface area contributed by atoms with Crippen molar-refractivity contribution in [3.05, 3.63) is 70.8 Å². The molecule has 0 bridgehead atoms. The quantitative estimate of drug-likeness (QED) is 0.299. The van der Waals surface area contributed by atoms with Crippen molar-refractivity contribution in [2.24, 2.45) is 4.99 Å². The van der Waals surface area contributed by atoms with Crippen LogP contribution < -0.4 is 10.6 Å². The first-order valence-corrected chi connectivity index (χ1v) is 10.5. The van der Waals surface area contributed by atoms with E-state index in [0.717, 1.165) is 56.1 Å². The number of guanidine groups is 1. The Bertz CT molecular complexity index is 836. The fraction of sp³-hybridized carbons (Fsp3) is 0.435. The average Bonchev–Trinajstić information content (AvgIpc) is 2.77. The average molecular weight is 562 g/mol. The Morgan fingerprint density at radius 1 is 0.938 bits per heavy atom. The Balaban J connectivity index is 0.00000363. The Morgan fingerprint density at radius 2 is 1.53 bits per heavy atom. The molecule has 0 amide bonds. The molecular formula is C23H30F3IN4O. The van der Waals surface area contributed by atoms with Crippen molar-refractivity contribution in [1.82, 2.24) is 15.5 Å². The summed E-state index contributed by atoms with van der Waals surface area (Å²) in [5.41, 5.74) is 2.47. The topological polar surface area (TPSA) is 48.9 Å². The molecule has 1 aliphatic heterocycles. The maximum atomic E-state index is 12.7. The number of benzene rings is 2. The molecule has 0 unspecified atom stereocenters. The van der Waals surface area contributed by atoms with Gasteiger partial charge in [0.15, 0.2) is 5.96 Å². The summed E-state index contributed by atoms with van der Waals surface area (Å²) in [6, 6.07) is 13.6. The summed E-state index contributed by atoms with van der Waals surface area (Å²) in [6.07, 6.45) is -4.32. The lowest BCUT2D eigenvalue weighted by Crippen LogP contribution is -2.36. The number of hydrogen-bond donors (Lipinski definition) is 2. The van der Waals surface area contributed by atoms with E-state index in [4.69, 9.17) is 4.74 Å². The van der Waals surface area contributed by atoms with Crippen molar-refractivity contribution < 1.29 is 17.9 Å². The van der Waals surface area contributed by atoms with E-state index < -0.39 is 11.7 Å². The maximum Gasteiger partial charge on any atom is 0.416 e. The Labute approximate surface area is 204 Å². The van der Waals surface area contributed by atoms with E-state index >= 15 is 0 Å². The number of aliphatic imine (C=N–C) groups is 1. The van der Waals surface area contributed by atoms with E-state index in [-0.39, 0.29) is 24.0 Å². The first kappa shape index (κ1) is 26.4. The van der Waals surface area contributed by atoms with Crippen LogP contribution in [0.25, 0.3) is 0 Å². The monoisotopic (exact) mass is 562 g/mol. The van der Waals surface area contributed by atoms with Crippen LogP contribution in [0.3, 0.4) is 0 Å². The molecule has 1 aliphatic rings. The van der Waals surface area contributed by atoms with Gasteiger partial charge in [0.25, 0.3) is 0 Å². The van der Waals surface area contributed by atoms with Crippen molar-refractivity contribution in [2.45, 2.75) is 32.7 Å². The van der Waals surface area contributed by atoms with Gasteiger partial charge in [-0.25, -0.2) is 4.99 Å². The Kier molecular flexibility index (Phi) is 10.7. The summed E-state index contributed by atoms with van der Waals surface area (Å²) in [4.78, 5) is 6.86. The van der Waals surface area contributed by atoms with Gasteiger partial charge < -0.3 is 15.4 Å². The largest absolute Gasteiger partial charge is 0.416 e. The first-order chi connectivity index (χ1) is 14.9. The van der Waals surface area contributed by atoms with Crippen LogP contribution >= 0.6 is 24.0 Å². The normalized spacial score (nSPS) is 15.2. The summed E-state index contributed by atoms with van der Waals surface area (Å²) < 4.78 is 43.4. The number of hydrogen-bond acceptors (Lipinski definition) is 3. The molecule has 0 saturated carbocycles. The predicted molar refractivity (Wildman–Crippen MR) is 131 cm³/mol. The highest BCUT2D eigenvalue weighted by molar-refractivity contribution is 14.0. The van der Waals surface area contributed by atoms with Crippen LogP contribution in [0.1, 0.15) is 29.2 Å². The standard InChI is InChI=1S/C23H29F3N4O.HI/c1-2-27-22(29-16-19-7-9-21(10-8-19)23(24,25)26)28-15-18-3-5-20(6-4-18)17-30-11-13-31-14-12-30;/h3-10H,2,11-17H2,1H3,(H2,27,28,29);1H. The van der Waals surface area contributed by atoms with Gasteiger partial charge in [-0.1, -0.05) is 36.4 Å². The number of morpholine rings is 1. The highest BCUT2D eigenvalue weighted by atomic mass is 127. The number of ether oxygens (including phenoxy) is 1. The molecule has 32 heavy (non-hydrogen) atoms. The van der Waals surface area contributed by atoms with Gasteiger partial charge in [-0.3, -0.25) is 4.90 Å². The zero-order valence-electron chi connectivity index (χ0n) is 18.1. The van der Waals surface area contributed by atoms with E-state index in [9.17, 15) is 13.2 Å². The second-order valence-corrected chi connectivity index (χ2v) is 7.45. The van der Waals surface area contributed by atoms with Crippen LogP contribution in [0.15, 0.2) is 53.5 Å². The fourth-order valence-electron chi connectivity index (χ4n) is 3.28. The number of nitrogens with zero attached hydrogens (tertiary/aromatic N) is 2. The van der Waals surface area contributed by atoms with Gasteiger partial charge in [-0.05, 0) is 35.7 Å². The van der Waals surface area contributed by atoms with E-state index in [2.05, 4.69) is 44.8 Å². The molecule has 0 radical (unpaired) electrons. The molecule has 1 heterocycles. The number of rotatable bonds is 7. The lowest BCUT2D eigenvalue weighted by Gasteiger charge is -2.26. The van der Waals surface area contributed by atoms with Crippen LogP contribution in [0.4, 0.5) is 13.2 Å². The SMILES string of the molecule is CCNC(=NCc1ccc(C(F)(F)F)cc1)NCc1ccc(CN2CCOCC2)cc1.I. The Hall–Kier alpha value is -1.85. The van der Waals surface area contributed by atoms with Gasteiger partial charge in [0.05, 0.1) is 25.3 Å². The van der Waals surface area contributed by atoms with Crippen LogP contribution in [0.5, 0.6) is 0 Å². The van der Waals surface area contributed by atoms with Gasteiger partial charge in [0, 0.05) is 32.7 Å². The third-order valence-corrected chi connectivity index (χ3v) is 5.04. The molecule has 1 fully saturated rings. The third kappa shape index (κ3) is 8.59. The minimum Gasteiger partial charge on any atom is -0.379 e. The molecule has 0 spiro atoms. The molecule has 0 aliphatic carbocycles. The van der Waals surface area contributed by atoms with Gasteiger partial charge in [0.1, 0.15) is 0 Å². The summed E-state index contributed by atoms with van der Waals surface area (Å²) in [7, 11) is 0. The zero-order chi connectivity index (χ0) is 22.1. The van der Waals surface area contributed by atoms with E-state index in [1.165, 1.54) is 17.7 Å². The molecule has 0 atom stereocenters. The first-order valence-electron chi connectivity index (χ1n) is 10.5. The van der Waals surface area contributed by atoms with Crippen molar-refractivity contribution in [1.29, 1.82) is 0 Å². The van der Waals surface area contributed by atoms with Gasteiger partial charge >= 0.3 is 6.18 Å². The van der Waals surface area contributed by atoms with Crippen molar-refractivity contribution in [3.8, 4) is 0 Å². The van der Waals surface area contributed by atoms with Gasteiger partial charge in [-0.15, -0.1) is 24.0 Å². The van der Waals surface area contributed by atoms with Crippen LogP contribution in [-0.4, -0.2) is 43.7 Å².